The molecule has 0 unspecified atom stereocenters. The van der Waals surface area contributed by atoms with E-state index in [2.05, 4.69) is 19.9 Å². The molecule has 0 radical (unpaired) electrons. The summed E-state index contributed by atoms with van der Waals surface area (Å²) >= 11 is 0. The summed E-state index contributed by atoms with van der Waals surface area (Å²) < 4.78 is 85.8. The highest BCUT2D eigenvalue weighted by molar-refractivity contribution is 5.94. The number of carbonyl (C=O) groups excluding carboxylic acids is 1. The highest BCUT2D eigenvalue weighted by atomic mass is 19.4. The molecule has 2 aromatic carbocycles. The van der Waals surface area contributed by atoms with Crippen LogP contribution in [0.1, 0.15) is 21.5 Å². The van der Waals surface area contributed by atoms with E-state index in [1.54, 1.807) is 23.1 Å². The summed E-state index contributed by atoms with van der Waals surface area (Å²) in [4.78, 5) is 25.0. The van der Waals surface area contributed by atoms with Crippen LogP contribution in [0.4, 0.5) is 26.3 Å². The van der Waals surface area contributed by atoms with E-state index in [-0.39, 0.29) is 35.6 Å². The number of benzene rings is 2. The summed E-state index contributed by atoms with van der Waals surface area (Å²) in [5, 5.41) is 3.79. The fraction of sp³-hybridized carbons (Fsp3) is 0.259. The van der Waals surface area contributed by atoms with Crippen LogP contribution in [0.2, 0.25) is 0 Å². The third kappa shape index (κ3) is 6.82. The Balaban J connectivity index is 1.18. The Kier molecular flexibility index (Phi) is 7.67. The summed E-state index contributed by atoms with van der Waals surface area (Å²) in [5.74, 6) is -0.402. The molecule has 0 aliphatic carbocycles. The number of amides is 1. The molecule has 0 spiro atoms. The van der Waals surface area contributed by atoms with Crippen molar-refractivity contribution >= 4 is 5.91 Å². The number of nitrogens with zero attached hydrogens (tertiary/aromatic N) is 5. The van der Waals surface area contributed by atoms with Gasteiger partial charge in [-0.1, -0.05) is 35.5 Å². The molecule has 0 N–H and O–H groups in total. The van der Waals surface area contributed by atoms with E-state index in [1.165, 1.54) is 36.5 Å². The monoisotopic (exact) mass is 577 g/mol. The molecular formula is C27H21F6N5O3. The Morgan fingerprint density at radius 3 is 2.24 bits per heavy atom. The van der Waals surface area contributed by atoms with E-state index in [0.717, 1.165) is 12.1 Å². The first-order chi connectivity index (χ1) is 19.5. The summed E-state index contributed by atoms with van der Waals surface area (Å²) in [6.45, 7) is 1.87. The van der Waals surface area contributed by atoms with Crippen molar-refractivity contribution in [1.29, 1.82) is 0 Å². The number of alkyl halides is 6. The summed E-state index contributed by atoms with van der Waals surface area (Å²) in [5.41, 5.74) is 0.516. The number of hydrogen-bond donors (Lipinski definition) is 0. The van der Waals surface area contributed by atoms with Crippen LogP contribution in [0.15, 0.2) is 71.4 Å². The second-order valence-corrected chi connectivity index (χ2v) is 9.15. The fourth-order valence-corrected chi connectivity index (χ4v) is 4.29. The molecule has 214 valence electrons. The largest absolute Gasteiger partial charge is 0.573 e. The highest BCUT2D eigenvalue weighted by Crippen LogP contribution is 2.31. The molecule has 0 atom stereocenters. The Morgan fingerprint density at radius 1 is 0.902 bits per heavy atom. The van der Waals surface area contributed by atoms with Gasteiger partial charge in [-0.05, 0) is 30.3 Å². The molecule has 1 aliphatic heterocycles. The summed E-state index contributed by atoms with van der Waals surface area (Å²) in [7, 11) is 0. The zero-order valence-electron chi connectivity index (χ0n) is 21.1. The van der Waals surface area contributed by atoms with Crippen molar-refractivity contribution in [2.75, 3.05) is 26.2 Å². The van der Waals surface area contributed by atoms with Crippen molar-refractivity contribution in [2.24, 2.45) is 0 Å². The topological polar surface area (TPSA) is 84.6 Å². The second kappa shape index (κ2) is 11.2. The molecule has 2 aromatic heterocycles. The van der Waals surface area contributed by atoms with Crippen molar-refractivity contribution in [2.45, 2.75) is 19.1 Å². The molecule has 1 amide bonds. The molecule has 1 fully saturated rings. The van der Waals surface area contributed by atoms with Crippen molar-refractivity contribution in [3.8, 4) is 28.7 Å². The predicted octanol–water partition coefficient (Wildman–Crippen LogP) is 5.67. The molecule has 1 aliphatic rings. The maximum Gasteiger partial charge on any atom is 0.573 e. The second-order valence-electron chi connectivity index (χ2n) is 9.15. The molecule has 8 nitrogen and oxygen atoms in total. The standard InChI is InChI=1S/C27H21F6N5O3/c28-26(29,30)20-8-5-17(6-9-20)23-35-24(41-36-23)21-10-7-18(15-34-21)25(39)38-13-11-37(12-14-38)16-19-3-1-2-4-22(19)40-27(31,32)33/h1-10,15H,11-14,16H2. The normalized spacial score (nSPS) is 14.7. The van der Waals surface area contributed by atoms with Crippen LogP contribution in [-0.4, -0.2) is 63.4 Å². The lowest BCUT2D eigenvalue weighted by Crippen LogP contribution is -2.48. The van der Waals surface area contributed by atoms with Gasteiger partial charge in [0.05, 0.1) is 11.1 Å². The van der Waals surface area contributed by atoms with Crippen LogP contribution >= 0.6 is 0 Å². The van der Waals surface area contributed by atoms with Crippen molar-refractivity contribution in [3.63, 3.8) is 0 Å². The van der Waals surface area contributed by atoms with Gasteiger partial charge >= 0.3 is 12.5 Å². The molecule has 3 heterocycles. The van der Waals surface area contributed by atoms with E-state index in [4.69, 9.17) is 4.52 Å². The lowest BCUT2D eigenvalue weighted by Gasteiger charge is -2.35. The maximum absolute atomic E-state index is 13.0. The number of piperazine rings is 1. The SMILES string of the molecule is O=C(c1ccc(-c2nc(-c3ccc(C(F)(F)F)cc3)no2)nc1)N1CCN(Cc2ccccc2OC(F)(F)F)CC1. The molecule has 1 saturated heterocycles. The van der Waals surface area contributed by atoms with Gasteiger partial charge < -0.3 is 14.2 Å². The van der Waals surface area contributed by atoms with Gasteiger partial charge in [0.2, 0.25) is 5.82 Å². The third-order valence-corrected chi connectivity index (χ3v) is 6.38. The number of carbonyl (C=O) groups is 1. The first kappa shape index (κ1) is 28.1. The molecule has 0 saturated carbocycles. The van der Waals surface area contributed by atoms with Crippen molar-refractivity contribution in [1.82, 2.24) is 24.9 Å². The Labute approximate surface area is 229 Å². The predicted molar refractivity (Wildman–Crippen MR) is 132 cm³/mol. The van der Waals surface area contributed by atoms with Gasteiger partial charge in [-0.3, -0.25) is 14.7 Å². The third-order valence-electron chi connectivity index (χ3n) is 6.38. The van der Waals surface area contributed by atoms with E-state index in [9.17, 15) is 31.1 Å². The average molecular weight is 577 g/mol. The molecule has 14 heteroatoms. The van der Waals surface area contributed by atoms with Crippen LogP contribution in [0, 0.1) is 0 Å². The van der Waals surface area contributed by atoms with Crippen molar-refractivity contribution in [3.05, 3.63) is 83.6 Å². The Bertz CT molecular complexity index is 1500. The van der Waals surface area contributed by atoms with Gasteiger partial charge in [-0.25, -0.2) is 0 Å². The molecule has 4 aromatic rings. The molecule has 41 heavy (non-hydrogen) atoms. The zero-order chi connectivity index (χ0) is 29.2. The van der Waals surface area contributed by atoms with Gasteiger partial charge in [0.25, 0.3) is 11.8 Å². The van der Waals surface area contributed by atoms with E-state index >= 15 is 0 Å². The molecular weight excluding hydrogens is 556 g/mol. The summed E-state index contributed by atoms with van der Waals surface area (Å²) in [6, 6.07) is 13.3. The first-order valence-electron chi connectivity index (χ1n) is 12.3. The minimum Gasteiger partial charge on any atom is -0.405 e. The van der Waals surface area contributed by atoms with Gasteiger partial charge in [0.1, 0.15) is 11.4 Å². The minimum absolute atomic E-state index is 0.0299. The number of rotatable bonds is 6. The van der Waals surface area contributed by atoms with Crippen LogP contribution in [0.25, 0.3) is 23.0 Å². The Hall–Kier alpha value is -4.46. The number of halogens is 6. The zero-order valence-corrected chi connectivity index (χ0v) is 21.1. The average Bonchev–Trinajstić information content (AvgIpc) is 3.44. The lowest BCUT2D eigenvalue weighted by atomic mass is 10.1. The summed E-state index contributed by atoms with van der Waals surface area (Å²) in [6.07, 6.45) is -7.89. The van der Waals surface area contributed by atoms with Crippen LogP contribution in [-0.2, 0) is 12.7 Å². The van der Waals surface area contributed by atoms with E-state index in [0.29, 0.717) is 42.9 Å². The quantitative estimate of drug-likeness (QED) is 0.273. The smallest absolute Gasteiger partial charge is 0.405 e. The number of ether oxygens (including phenoxy) is 1. The van der Waals surface area contributed by atoms with Gasteiger partial charge in [-0.2, -0.15) is 18.2 Å². The van der Waals surface area contributed by atoms with E-state index in [1.807, 2.05) is 4.90 Å². The minimum atomic E-state index is -4.79. The Morgan fingerprint density at radius 2 is 1.61 bits per heavy atom. The first-order valence-corrected chi connectivity index (χ1v) is 12.3. The van der Waals surface area contributed by atoms with Crippen molar-refractivity contribution < 1.29 is 40.4 Å². The van der Waals surface area contributed by atoms with Crippen LogP contribution in [0.3, 0.4) is 0 Å². The number of hydrogen-bond acceptors (Lipinski definition) is 7. The van der Waals surface area contributed by atoms with E-state index < -0.39 is 18.1 Å². The van der Waals surface area contributed by atoms with Gasteiger partial charge in [-0.15, -0.1) is 13.2 Å². The fourth-order valence-electron chi connectivity index (χ4n) is 4.29. The molecule has 5 rings (SSSR count). The number of aromatic nitrogens is 3. The number of pyridine rings is 1. The van der Waals surface area contributed by atoms with Crippen LogP contribution in [0.5, 0.6) is 5.75 Å². The maximum atomic E-state index is 13.0. The number of para-hydroxylation sites is 1. The van der Waals surface area contributed by atoms with Gasteiger partial charge in [0, 0.05) is 50.0 Å². The van der Waals surface area contributed by atoms with Gasteiger partial charge in [0.15, 0.2) is 0 Å². The lowest BCUT2D eigenvalue weighted by molar-refractivity contribution is -0.275. The van der Waals surface area contributed by atoms with Crippen LogP contribution < -0.4 is 4.74 Å². The highest BCUT2D eigenvalue weighted by Gasteiger charge is 2.33. The molecule has 0 bridgehead atoms.